The predicted octanol–water partition coefficient (Wildman–Crippen LogP) is 2.58. The number of benzene rings is 1. The molecule has 0 bridgehead atoms. The van der Waals surface area contributed by atoms with Crippen LogP contribution in [-0.2, 0) is 0 Å². The molecule has 0 radical (unpaired) electrons. The van der Waals surface area contributed by atoms with E-state index in [1.165, 1.54) is 37.9 Å². The number of nitrogens with zero attached hydrogens (tertiary/aromatic N) is 1. The second-order valence-electron chi connectivity index (χ2n) is 5.84. The topological polar surface area (TPSA) is 24.5 Å². The summed E-state index contributed by atoms with van der Waals surface area (Å²) in [6, 6.07) is 10.2. The molecule has 104 valence electrons. The van der Waals surface area contributed by atoms with Gasteiger partial charge in [0.2, 0.25) is 0 Å². The normalized spacial score (nSPS) is 25.5. The van der Waals surface area contributed by atoms with Crippen molar-refractivity contribution in [2.75, 3.05) is 20.2 Å². The molecule has 3 rings (SSSR count). The monoisotopic (exact) mass is 260 g/mol. The van der Waals surface area contributed by atoms with Gasteiger partial charge in [0.1, 0.15) is 5.75 Å². The fourth-order valence-electron chi connectivity index (χ4n) is 3.16. The average Bonchev–Trinajstić information content (AvgIpc) is 3.19. The molecule has 1 aromatic rings. The van der Waals surface area contributed by atoms with Gasteiger partial charge in [0, 0.05) is 36.8 Å². The molecule has 3 heteroatoms. The quantitative estimate of drug-likeness (QED) is 0.880. The largest absolute Gasteiger partial charge is 0.496 e. The van der Waals surface area contributed by atoms with Gasteiger partial charge in [-0.1, -0.05) is 18.2 Å². The van der Waals surface area contributed by atoms with Crippen LogP contribution < -0.4 is 10.1 Å². The molecule has 19 heavy (non-hydrogen) atoms. The van der Waals surface area contributed by atoms with E-state index in [0.29, 0.717) is 12.1 Å². The molecule has 0 spiro atoms. The van der Waals surface area contributed by atoms with Crippen molar-refractivity contribution in [1.82, 2.24) is 10.2 Å². The number of methoxy groups -OCH3 is 1. The van der Waals surface area contributed by atoms with Gasteiger partial charge in [0.25, 0.3) is 0 Å². The fraction of sp³-hybridized carbons (Fsp3) is 0.625. The van der Waals surface area contributed by atoms with Gasteiger partial charge in [-0.3, -0.25) is 4.90 Å². The third-order valence-corrected chi connectivity index (χ3v) is 4.37. The molecule has 1 aromatic carbocycles. The number of rotatable bonds is 5. The number of likely N-dealkylation sites (tertiary alicyclic amines) is 1. The number of para-hydroxylation sites is 1. The lowest BCUT2D eigenvalue weighted by Gasteiger charge is -2.22. The maximum Gasteiger partial charge on any atom is 0.123 e. The van der Waals surface area contributed by atoms with Crippen LogP contribution in [0, 0.1) is 0 Å². The third-order valence-electron chi connectivity index (χ3n) is 4.37. The minimum Gasteiger partial charge on any atom is -0.496 e. The maximum atomic E-state index is 5.45. The summed E-state index contributed by atoms with van der Waals surface area (Å²) in [5.74, 6) is 0.986. The Balaban J connectivity index is 1.60. The Morgan fingerprint density at radius 1 is 1.26 bits per heavy atom. The number of hydrogen-bond acceptors (Lipinski definition) is 3. The third kappa shape index (κ3) is 2.93. The summed E-state index contributed by atoms with van der Waals surface area (Å²) < 4.78 is 5.45. The summed E-state index contributed by atoms with van der Waals surface area (Å²) in [7, 11) is 1.75. The van der Waals surface area contributed by atoms with E-state index >= 15 is 0 Å². The first-order chi connectivity index (χ1) is 9.28. The molecule has 0 amide bonds. The zero-order valence-corrected chi connectivity index (χ0v) is 11.9. The smallest absolute Gasteiger partial charge is 0.123 e. The van der Waals surface area contributed by atoms with Crippen LogP contribution in [0.4, 0.5) is 0 Å². The highest BCUT2D eigenvalue weighted by atomic mass is 16.5. The fourth-order valence-corrected chi connectivity index (χ4v) is 3.16. The standard InChI is InChI=1S/C16H24N2O/c1-12(15-5-3-4-6-16(15)19-2)17-13-9-10-18(11-13)14-7-8-14/h3-6,12-14,17H,7-11H2,1-2H3/t12-,13?/m0/s1. The van der Waals surface area contributed by atoms with Crippen molar-refractivity contribution in [3.63, 3.8) is 0 Å². The first kappa shape index (κ1) is 12.9. The Morgan fingerprint density at radius 3 is 2.79 bits per heavy atom. The summed E-state index contributed by atoms with van der Waals surface area (Å²) in [6.45, 7) is 4.71. The summed E-state index contributed by atoms with van der Waals surface area (Å²) in [5, 5.41) is 3.76. The van der Waals surface area contributed by atoms with E-state index in [4.69, 9.17) is 4.74 Å². The van der Waals surface area contributed by atoms with Gasteiger partial charge >= 0.3 is 0 Å². The minimum atomic E-state index is 0.348. The molecule has 3 nitrogen and oxygen atoms in total. The van der Waals surface area contributed by atoms with Gasteiger partial charge < -0.3 is 10.1 Å². The molecule has 2 atom stereocenters. The minimum absolute atomic E-state index is 0.348. The van der Waals surface area contributed by atoms with Crippen LogP contribution >= 0.6 is 0 Å². The van der Waals surface area contributed by atoms with Gasteiger partial charge in [-0.05, 0) is 32.3 Å². The highest BCUT2D eigenvalue weighted by molar-refractivity contribution is 5.35. The molecule has 2 aliphatic rings. The van der Waals surface area contributed by atoms with Crippen LogP contribution in [0.3, 0.4) is 0 Å². The van der Waals surface area contributed by atoms with E-state index in [2.05, 4.69) is 29.3 Å². The zero-order chi connectivity index (χ0) is 13.2. The Bertz CT molecular complexity index is 431. The molecular formula is C16H24N2O. The first-order valence-electron chi connectivity index (χ1n) is 7.41. The SMILES string of the molecule is COc1ccccc1[C@H](C)NC1CCN(C2CC2)C1. The number of nitrogens with one attached hydrogen (secondary N) is 1. The Labute approximate surface area is 115 Å². The van der Waals surface area contributed by atoms with Crippen molar-refractivity contribution in [1.29, 1.82) is 0 Å². The molecule has 1 aliphatic carbocycles. The van der Waals surface area contributed by atoms with E-state index in [9.17, 15) is 0 Å². The Morgan fingerprint density at radius 2 is 2.05 bits per heavy atom. The van der Waals surface area contributed by atoms with Crippen molar-refractivity contribution < 1.29 is 4.74 Å². The van der Waals surface area contributed by atoms with Gasteiger partial charge in [-0.25, -0.2) is 0 Å². The lowest BCUT2D eigenvalue weighted by Crippen LogP contribution is -2.35. The lowest BCUT2D eigenvalue weighted by molar-refractivity contribution is 0.313. The molecule has 0 aromatic heterocycles. The molecule has 1 aliphatic heterocycles. The molecule has 1 N–H and O–H groups in total. The lowest BCUT2D eigenvalue weighted by atomic mass is 10.1. The highest BCUT2D eigenvalue weighted by Gasteiger charge is 2.34. The summed E-state index contributed by atoms with van der Waals surface area (Å²) in [6.07, 6.45) is 4.10. The number of hydrogen-bond donors (Lipinski definition) is 1. The summed E-state index contributed by atoms with van der Waals surface area (Å²) in [4.78, 5) is 2.65. The molecule has 1 heterocycles. The van der Waals surface area contributed by atoms with Gasteiger partial charge in [-0.2, -0.15) is 0 Å². The molecule has 1 saturated carbocycles. The average molecular weight is 260 g/mol. The Hall–Kier alpha value is -1.06. The van der Waals surface area contributed by atoms with Crippen LogP contribution in [0.1, 0.15) is 37.8 Å². The maximum absolute atomic E-state index is 5.45. The van der Waals surface area contributed by atoms with Crippen molar-refractivity contribution in [2.24, 2.45) is 0 Å². The van der Waals surface area contributed by atoms with Crippen LogP contribution in [0.5, 0.6) is 5.75 Å². The summed E-state index contributed by atoms with van der Waals surface area (Å²) >= 11 is 0. The van der Waals surface area contributed by atoms with Crippen molar-refractivity contribution in [3.05, 3.63) is 29.8 Å². The van der Waals surface area contributed by atoms with Crippen LogP contribution in [-0.4, -0.2) is 37.2 Å². The van der Waals surface area contributed by atoms with Gasteiger partial charge in [0.05, 0.1) is 7.11 Å². The van der Waals surface area contributed by atoms with Crippen molar-refractivity contribution in [3.8, 4) is 5.75 Å². The second kappa shape index (κ2) is 5.51. The van der Waals surface area contributed by atoms with Crippen molar-refractivity contribution >= 4 is 0 Å². The molecule has 1 unspecified atom stereocenters. The van der Waals surface area contributed by atoms with E-state index < -0.39 is 0 Å². The van der Waals surface area contributed by atoms with E-state index in [1.807, 2.05) is 12.1 Å². The zero-order valence-electron chi connectivity index (χ0n) is 11.9. The first-order valence-corrected chi connectivity index (χ1v) is 7.41. The van der Waals surface area contributed by atoms with Crippen molar-refractivity contribution in [2.45, 2.75) is 44.3 Å². The molecule has 1 saturated heterocycles. The van der Waals surface area contributed by atoms with Crippen LogP contribution in [0.25, 0.3) is 0 Å². The second-order valence-corrected chi connectivity index (χ2v) is 5.84. The Kier molecular flexibility index (Phi) is 3.76. The van der Waals surface area contributed by atoms with Crippen LogP contribution in [0.2, 0.25) is 0 Å². The highest BCUT2D eigenvalue weighted by Crippen LogP contribution is 2.31. The van der Waals surface area contributed by atoms with E-state index in [0.717, 1.165) is 11.8 Å². The van der Waals surface area contributed by atoms with Gasteiger partial charge in [0.15, 0.2) is 0 Å². The van der Waals surface area contributed by atoms with E-state index in [-0.39, 0.29) is 0 Å². The van der Waals surface area contributed by atoms with Crippen LogP contribution in [0.15, 0.2) is 24.3 Å². The predicted molar refractivity (Wildman–Crippen MR) is 77.5 cm³/mol. The van der Waals surface area contributed by atoms with Gasteiger partial charge in [-0.15, -0.1) is 0 Å². The number of ether oxygens (including phenoxy) is 1. The molecule has 2 fully saturated rings. The summed E-state index contributed by atoms with van der Waals surface area (Å²) in [5.41, 5.74) is 1.26. The molecular weight excluding hydrogens is 236 g/mol. The van der Waals surface area contributed by atoms with E-state index in [1.54, 1.807) is 7.11 Å².